The Labute approximate surface area is 192 Å². The van der Waals surface area contributed by atoms with Crippen molar-refractivity contribution in [3.63, 3.8) is 0 Å². The minimum absolute atomic E-state index is 0.0104. The fourth-order valence-electron chi connectivity index (χ4n) is 4.19. The second-order valence-electron chi connectivity index (χ2n) is 7.75. The van der Waals surface area contributed by atoms with Gasteiger partial charge < -0.3 is 14.3 Å². The van der Waals surface area contributed by atoms with Crippen LogP contribution in [0.15, 0.2) is 75.9 Å². The van der Waals surface area contributed by atoms with Crippen LogP contribution in [0.2, 0.25) is 0 Å². The van der Waals surface area contributed by atoms with Crippen molar-refractivity contribution < 1.29 is 28.2 Å². The van der Waals surface area contributed by atoms with Crippen molar-refractivity contribution in [2.75, 3.05) is 11.5 Å². The fourth-order valence-corrected chi connectivity index (χ4v) is 4.19. The number of ether oxygens (including phenoxy) is 1. The Morgan fingerprint density at radius 3 is 2.56 bits per heavy atom. The van der Waals surface area contributed by atoms with Crippen molar-refractivity contribution in [1.82, 2.24) is 0 Å². The molecule has 34 heavy (non-hydrogen) atoms. The Hall–Kier alpha value is -4.46. The maximum atomic E-state index is 13.9. The van der Waals surface area contributed by atoms with Gasteiger partial charge in [0.15, 0.2) is 5.43 Å². The maximum absolute atomic E-state index is 13.9. The zero-order valence-electron chi connectivity index (χ0n) is 17.9. The highest BCUT2D eigenvalue weighted by Crippen LogP contribution is 2.41. The van der Waals surface area contributed by atoms with Crippen LogP contribution >= 0.6 is 0 Å². The molecular weight excluding hydrogens is 441 g/mol. The van der Waals surface area contributed by atoms with Gasteiger partial charge in [0, 0.05) is 5.69 Å². The van der Waals surface area contributed by atoms with Crippen LogP contribution in [0.4, 0.5) is 10.1 Å². The summed E-state index contributed by atoms with van der Waals surface area (Å²) in [7, 11) is 0. The van der Waals surface area contributed by atoms with Crippen molar-refractivity contribution in [2.24, 2.45) is 0 Å². The number of phenolic OH excluding ortho intramolecular Hbond substituents is 1. The van der Waals surface area contributed by atoms with Crippen molar-refractivity contribution in [3.8, 4) is 5.75 Å². The molecule has 0 bridgehead atoms. The zero-order chi connectivity index (χ0) is 24.0. The molecule has 0 saturated heterocycles. The predicted octanol–water partition coefficient (Wildman–Crippen LogP) is 4.56. The van der Waals surface area contributed by atoms with Crippen LogP contribution in [-0.4, -0.2) is 23.6 Å². The first kappa shape index (κ1) is 21.4. The summed E-state index contributed by atoms with van der Waals surface area (Å²) in [5.41, 5.74) is 0.759. The van der Waals surface area contributed by atoms with E-state index in [0.717, 1.165) is 12.1 Å². The summed E-state index contributed by atoms with van der Waals surface area (Å²) in [5, 5.41) is 10.1. The highest BCUT2D eigenvalue weighted by Gasteiger charge is 2.43. The van der Waals surface area contributed by atoms with Crippen LogP contribution in [0, 0.1) is 5.82 Å². The number of esters is 1. The van der Waals surface area contributed by atoms with E-state index < -0.39 is 29.2 Å². The predicted molar refractivity (Wildman–Crippen MR) is 122 cm³/mol. The minimum Gasteiger partial charge on any atom is -0.508 e. The van der Waals surface area contributed by atoms with E-state index in [1.54, 1.807) is 31.2 Å². The standard InChI is InChI=1S/C26H18FNO6/c1-2-33-26(32)14-6-9-17(10-7-14)28-22(15-4-3-5-18(29)12-15)21-23(30)19-13-16(27)8-11-20(19)34-24(21)25(28)31/h3-13,22,29H,2H2,1H3. The molecule has 0 spiro atoms. The number of rotatable bonds is 4. The van der Waals surface area contributed by atoms with Gasteiger partial charge in [-0.3, -0.25) is 14.5 Å². The Morgan fingerprint density at radius 1 is 1.09 bits per heavy atom. The second kappa shape index (κ2) is 8.15. The monoisotopic (exact) mass is 459 g/mol. The van der Waals surface area contributed by atoms with Gasteiger partial charge in [-0.25, -0.2) is 9.18 Å². The molecule has 1 N–H and O–H groups in total. The number of hydrogen-bond acceptors (Lipinski definition) is 6. The van der Waals surface area contributed by atoms with Gasteiger partial charge in [-0.2, -0.15) is 0 Å². The normalized spacial score (nSPS) is 14.9. The number of nitrogens with zero attached hydrogens (tertiary/aromatic N) is 1. The number of amides is 1. The lowest BCUT2D eigenvalue weighted by molar-refractivity contribution is 0.0526. The number of benzene rings is 3. The third-order valence-corrected chi connectivity index (χ3v) is 5.67. The quantitative estimate of drug-likeness (QED) is 0.449. The Kier molecular flexibility index (Phi) is 5.13. The molecule has 1 aliphatic rings. The third-order valence-electron chi connectivity index (χ3n) is 5.67. The fraction of sp³-hybridized carbons (Fsp3) is 0.115. The average Bonchev–Trinajstić information content (AvgIpc) is 3.12. The SMILES string of the molecule is CCOC(=O)c1ccc(N2C(=O)c3oc4ccc(F)cc4c(=O)c3C2c2cccc(O)c2)cc1. The van der Waals surface area contributed by atoms with E-state index in [-0.39, 0.29) is 34.6 Å². The van der Waals surface area contributed by atoms with Gasteiger partial charge in [-0.1, -0.05) is 12.1 Å². The first-order valence-electron chi connectivity index (χ1n) is 10.5. The molecule has 0 radical (unpaired) electrons. The summed E-state index contributed by atoms with van der Waals surface area (Å²) < 4.78 is 24.7. The van der Waals surface area contributed by atoms with Crippen molar-refractivity contribution in [1.29, 1.82) is 0 Å². The lowest BCUT2D eigenvalue weighted by Gasteiger charge is -2.25. The Bertz CT molecular complexity index is 1510. The zero-order valence-corrected chi connectivity index (χ0v) is 17.9. The van der Waals surface area contributed by atoms with Gasteiger partial charge in [-0.05, 0) is 67.1 Å². The van der Waals surface area contributed by atoms with Crippen LogP contribution in [0.3, 0.4) is 0 Å². The number of aromatic hydroxyl groups is 1. The topological polar surface area (TPSA) is 97.0 Å². The van der Waals surface area contributed by atoms with Gasteiger partial charge in [-0.15, -0.1) is 0 Å². The number of hydrogen-bond donors (Lipinski definition) is 1. The molecule has 0 saturated carbocycles. The molecule has 2 heterocycles. The number of fused-ring (bicyclic) bond motifs is 2. The van der Waals surface area contributed by atoms with Gasteiger partial charge >= 0.3 is 5.97 Å². The second-order valence-corrected chi connectivity index (χ2v) is 7.75. The number of halogens is 1. The lowest BCUT2D eigenvalue weighted by Crippen LogP contribution is -2.29. The minimum atomic E-state index is -0.938. The highest BCUT2D eigenvalue weighted by atomic mass is 19.1. The summed E-state index contributed by atoms with van der Waals surface area (Å²) in [6.45, 7) is 1.92. The molecule has 8 heteroatoms. The summed E-state index contributed by atoms with van der Waals surface area (Å²) in [6.07, 6.45) is 0. The molecule has 3 aromatic carbocycles. The Balaban J connectivity index is 1.71. The summed E-state index contributed by atoms with van der Waals surface area (Å²) in [4.78, 5) is 40.4. The molecule has 1 aromatic heterocycles. The van der Waals surface area contributed by atoms with Gasteiger partial charge in [0.1, 0.15) is 17.1 Å². The molecule has 1 atom stereocenters. The Morgan fingerprint density at radius 2 is 1.85 bits per heavy atom. The molecule has 7 nitrogen and oxygen atoms in total. The van der Waals surface area contributed by atoms with E-state index in [4.69, 9.17) is 9.15 Å². The summed E-state index contributed by atoms with van der Waals surface area (Å²) in [6, 6.07) is 14.9. The molecule has 170 valence electrons. The van der Waals surface area contributed by atoms with E-state index in [1.807, 2.05) is 0 Å². The molecule has 4 aromatic rings. The lowest BCUT2D eigenvalue weighted by atomic mass is 9.98. The van der Waals surface area contributed by atoms with Crippen LogP contribution in [0.25, 0.3) is 11.0 Å². The van der Waals surface area contributed by atoms with Gasteiger partial charge in [0.2, 0.25) is 5.76 Å². The molecule has 0 fully saturated rings. The van der Waals surface area contributed by atoms with Crippen molar-refractivity contribution >= 4 is 28.5 Å². The summed E-state index contributed by atoms with van der Waals surface area (Å²) >= 11 is 0. The first-order valence-corrected chi connectivity index (χ1v) is 10.5. The average molecular weight is 459 g/mol. The first-order chi connectivity index (χ1) is 16.4. The molecule has 1 aliphatic heterocycles. The van der Waals surface area contributed by atoms with Crippen molar-refractivity contribution in [2.45, 2.75) is 13.0 Å². The number of carbonyl (C=O) groups excluding carboxylic acids is 2. The highest BCUT2D eigenvalue weighted by molar-refractivity contribution is 6.10. The molecule has 1 unspecified atom stereocenters. The van der Waals surface area contributed by atoms with Gasteiger partial charge in [0.25, 0.3) is 5.91 Å². The van der Waals surface area contributed by atoms with E-state index in [0.29, 0.717) is 16.8 Å². The van der Waals surface area contributed by atoms with E-state index in [1.165, 1.54) is 35.2 Å². The van der Waals surface area contributed by atoms with Crippen LogP contribution in [0.1, 0.15) is 45.0 Å². The number of carbonyl (C=O) groups is 2. The summed E-state index contributed by atoms with van der Waals surface area (Å²) in [5.74, 6) is -1.89. The smallest absolute Gasteiger partial charge is 0.338 e. The van der Waals surface area contributed by atoms with E-state index >= 15 is 0 Å². The van der Waals surface area contributed by atoms with Crippen LogP contribution in [-0.2, 0) is 4.74 Å². The van der Waals surface area contributed by atoms with E-state index in [2.05, 4.69) is 0 Å². The van der Waals surface area contributed by atoms with E-state index in [9.17, 15) is 23.9 Å². The molecule has 0 aliphatic carbocycles. The molecular formula is C26H18FNO6. The number of phenols is 1. The molecule has 5 rings (SSSR count). The maximum Gasteiger partial charge on any atom is 0.338 e. The largest absolute Gasteiger partial charge is 0.508 e. The van der Waals surface area contributed by atoms with Crippen molar-refractivity contribution in [3.05, 3.63) is 105 Å². The van der Waals surface area contributed by atoms with Gasteiger partial charge in [0.05, 0.1) is 29.2 Å². The molecule has 1 amide bonds. The van der Waals surface area contributed by atoms with Crippen LogP contribution in [0.5, 0.6) is 5.75 Å². The third kappa shape index (κ3) is 3.40. The number of anilines is 1. The van der Waals surface area contributed by atoms with Crippen LogP contribution < -0.4 is 10.3 Å².